The topological polar surface area (TPSA) is 41.1 Å². The van der Waals surface area contributed by atoms with Gasteiger partial charge in [0.2, 0.25) is 5.91 Å². The minimum Gasteiger partial charge on any atom is -0.350 e. The van der Waals surface area contributed by atoms with Crippen LogP contribution in [0.2, 0.25) is 0 Å². The van der Waals surface area contributed by atoms with Crippen LogP contribution in [-0.4, -0.2) is 17.1 Å². The monoisotopic (exact) mass is 214 g/mol. The van der Waals surface area contributed by atoms with E-state index in [1.165, 1.54) is 0 Å². The molecular formula is C10H18N2OS. The molecule has 4 heteroatoms. The Balaban J connectivity index is 2.79. The van der Waals surface area contributed by atoms with Crippen molar-refractivity contribution in [3.8, 4) is 0 Å². The second-order valence-electron chi connectivity index (χ2n) is 4.51. The van der Waals surface area contributed by atoms with E-state index in [4.69, 9.17) is 12.2 Å². The van der Waals surface area contributed by atoms with E-state index >= 15 is 0 Å². The van der Waals surface area contributed by atoms with Gasteiger partial charge in [-0.2, -0.15) is 0 Å². The molecule has 1 aliphatic heterocycles. The molecule has 80 valence electrons. The van der Waals surface area contributed by atoms with Crippen LogP contribution >= 0.6 is 12.2 Å². The molecule has 1 rings (SSSR count). The van der Waals surface area contributed by atoms with E-state index in [-0.39, 0.29) is 11.9 Å². The lowest BCUT2D eigenvalue weighted by molar-refractivity contribution is -0.122. The van der Waals surface area contributed by atoms with Crippen LogP contribution in [0.1, 0.15) is 27.7 Å². The lowest BCUT2D eigenvalue weighted by Crippen LogP contribution is -2.42. The Bertz CT molecular complexity index is 243. The number of amides is 1. The summed E-state index contributed by atoms with van der Waals surface area (Å²) in [5.74, 6) is 1.29. The summed E-state index contributed by atoms with van der Waals surface area (Å²) < 4.78 is 0. The summed E-state index contributed by atoms with van der Waals surface area (Å²) in [6.07, 6.45) is 0. The van der Waals surface area contributed by atoms with Crippen molar-refractivity contribution >= 4 is 23.2 Å². The van der Waals surface area contributed by atoms with Gasteiger partial charge in [-0.1, -0.05) is 27.7 Å². The molecule has 14 heavy (non-hydrogen) atoms. The summed E-state index contributed by atoms with van der Waals surface area (Å²) in [6.45, 7) is 8.56. The Labute approximate surface area is 90.6 Å². The molecule has 1 atom stereocenters. The lowest BCUT2D eigenvalue weighted by Gasteiger charge is -2.28. The molecule has 0 bridgehead atoms. The highest BCUT2D eigenvalue weighted by Gasteiger charge is 2.37. The van der Waals surface area contributed by atoms with Gasteiger partial charge in [0, 0.05) is 0 Å². The second-order valence-corrected chi connectivity index (χ2v) is 4.91. The summed E-state index contributed by atoms with van der Waals surface area (Å²) in [5.41, 5.74) is 0. The average molecular weight is 214 g/mol. The molecule has 1 fully saturated rings. The SMILES string of the molecule is CC(C)C(C(C)C)C1NC(=S)NC1=O. The molecule has 1 unspecified atom stereocenters. The maximum Gasteiger partial charge on any atom is 0.248 e. The predicted octanol–water partition coefficient (Wildman–Crippen LogP) is 1.29. The Hall–Kier alpha value is -0.640. The van der Waals surface area contributed by atoms with Gasteiger partial charge in [-0.3, -0.25) is 4.79 Å². The molecule has 0 aromatic carbocycles. The summed E-state index contributed by atoms with van der Waals surface area (Å²) in [4.78, 5) is 11.6. The Morgan fingerprint density at radius 1 is 1.21 bits per heavy atom. The van der Waals surface area contributed by atoms with Crippen molar-refractivity contribution in [2.45, 2.75) is 33.7 Å². The largest absolute Gasteiger partial charge is 0.350 e. The molecule has 1 saturated heterocycles. The molecule has 1 heterocycles. The minimum atomic E-state index is -0.150. The van der Waals surface area contributed by atoms with Gasteiger partial charge in [0.05, 0.1) is 0 Å². The third-order valence-corrected chi connectivity index (χ3v) is 2.95. The standard InChI is InChI=1S/C10H18N2OS/c1-5(2)7(6(3)4)8-9(13)12-10(14)11-8/h5-8H,1-4H3,(H2,11,12,13,14). The van der Waals surface area contributed by atoms with Crippen molar-refractivity contribution in [2.24, 2.45) is 17.8 Å². The molecule has 0 saturated carbocycles. The number of carbonyl (C=O) groups is 1. The van der Waals surface area contributed by atoms with Crippen molar-refractivity contribution in [1.82, 2.24) is 10.6 Å². The van der Waals surface area contributed by atoms with Crippen molar-refractivity contribution < 1.29 is 4.79 Å². The minimum absolute atomic E-state index is 0.0161. The van der Waals surface area contributed by atoms with Gasteiger partial charge in [0.15, 0.2) is 5.11 Å². The first kappa shape index (κ1) is 11.4. The Morgan fingerprint density at radius 3 is 2.00 bits per heavy atom. The van der Waals surface area contributed by atoms with Crippen molar-refractivity contribution in [2.75, 3.05) is 0 Å². The quantitative estimate of drug-likeness (QED) is 0.696. The molecular weight excluding hydrogens is 196 g/mol. The van der Waals surface area contributed by atoms with Gasteiger partial charge in [0.25, 0.3) is 0 Å². The molecule has 0 spiro atoms. The van der Waals surface area contributed by atoms with E-state index in [1.54, 1.807) is 0 Å². The van der Waals surface area contributed by atoms with Crippen LogP contribution in [0.3, 0.4) is 0 Å². The summed E-state index contributed by atoms with van der Waals surface area (Å²) >= 11 is 4.92. The van der Waals surface area contributed by atoms with E-state index in [9.17, 15) is 4.79 Å². The van der Waals surface area contributed by atoms with Gasteiger partial charge in [-0.25, -0.2) is 0 Å². The highest BCUT2D eigenvalue weighted by molar-refractivity contribution is 7.80. The first-order valence-electron chi connectivity index (χ1n) is 5.04. The molecule has 0 aromatic heterocycles. The summed E-state index contributed by atoms with van der Waals surface area (Å²) in [7, 11) is 0. The molecule has 3 nitrogen and oxygen atoms in total. The fraction of sp³-hybridized carbons (Fsp3) is 0.800. The number of thiocarbonyl (C=S) groups is 1. The molecule has 1 aliphatic rings. The zero-order valence-electron chi connectivity index (χ0n) is 9.13. The average Bonchev–Trinajstić information content (AvgIpc) is 2.29. The smallest absolute Gasteiger partial charge is 0.248 e. The molecule has 0 radical (unpaired) electrons. The zero-order valence-corrected chi connectivity index (χ0v) is 9.94. The Kier molecular flexibility index (Phi) is 3.48. The number of hydrogen-bond donors (Lipinski definition) is 2. The number of hydrogen-bond acceptors (Lipinski definition) is 2. The van der Waals surface area contributed by atoms with Crippen LogP contribution in [0.5, 0.6) is 0 Å². The second kappa shape index (κ2) is 4.26. The number of carbonyl (C=O) groups excluding carboxylic acids is 1. The molecule has 0 aliphatic carbocycles. The first-order valence-corrected chi connectivity index (χ1v) is 5.45. The summed E-state index contributed by atoms with van der Waals surface area (Å²) in [5, 5.41) is 6.14. The number of nitrogens with one attached hydrogen (secondary N) is 2. The number of rotatable bonds is 3. The molecule has 0 aromatic rings. The fourth-order valence-electron chi connectivity index (χ4n) is 2.24. The lowest BCUT2D eigenvalue weighted by atomic mass is 9.80. The van der Waals surface area contributed by atoms with Crippen molar-refractivity contribution in [3.63, 3.8) is 0 Å². The third kappa shape index (κ3) is 2.23. The Morgan fingerprint density at radius 2 is 1.71 bits per heavy atom. The van der Waals surface area contributed by atoms with Gasteiger partial charge < -0.3 is 10.6 Å². The first-order chi connectivity index (χ1) is 6.43. The van der Waals surface area contributed by atoms with E-state index in [0.29, 0.717) is 22.9 Å². The highest BCUT2D eigenvalue weighted by atomic mass is 32.1. The van der Waals surface area contributed by atoms with Crippen LogP contribution < -0.4 is 10.6 Å². The van der Waals surface area contributed by atoms with Crippen LogP contribution in [-0.2, 0) is 4.79 Å². The van der Waals surface area contributed by atoms with E-state index in [2.05, 4.69) is 38.3 Å². The van der Waals surface area contributed by atoms with E-state index < -0.39 is 0 Å². The van der Waals surface area contributed by atoms with Gasteiger partial charge in [-0.15, -0.1) is 0 Å². The highest BCUT2D eigenvalue weighted by Crippen LogP contribution is 2.25. The van der Waals surface area contributed by atoms with Crippen LogP contribution in [0.25, 0.3) is 0 Å². The fourth-order valence-corrected chi connectivity index (χ4v) is 2.47. The maximum absolute atomic E-state index is 11.6. The third-order valence-electron chi connectivity index (χ3n) is 2.73. The van der Waals surface area contributed by atoms with Crippen LogP contribution in [0.15, 0.2) is 0 Å². The van der Waals surface area contributed by atoms with Crippen LogP contribution in [0, 0.1) is 17.8 Å². The van der Waals surface area contributed by atoms with E-state index in [1.807, 2.05) is 0 Å². The van der Waals surface area contributed by atoms with Gasteiger partial charge in [0.1, 0.15) is 6.04 Å². The zero-order chi connectivity index (χ0) is 10.9. The van der Waals surface area contributed by atoms with Gasteiger partial charge in [-0.05, 0) is 30.0 Å². The van der Waals surface area contributed by atoms with Crippen molar-refractivity contribution in [3.05, 3.63) is 0 Å². The normalized spacial score (nSPS) is 22.1. The van der Waals surface area contributed by atoms with Gasteiger partial charge >= 0.3 is 0 Å². The predicted molar refractivity (Wildman–Crippen MR) is 60.8 cm³/mol. The van der Waals surface area contributed by atoms with Crippen LogP contribution in [0.4, 0.5) is 0 Å². The summed E-state index contributed by atoms with van der Waals surface area (Å²) in [6, 6.07) is -0.150. The molecule has 1 amide bonds. The van der Waals surface area contributed by atoms with E-state index in [0.717, 1.165) is 0 Å². The molecule has 2 N–H and O–H groups in total. The van der Waals surface area contributed by atoms with Crippen molar-refractivity contribution in [1.29, 1.82) is 0 Å². The maximum atomic E-state index is 11.6.